The van der Waals surface area contributed by atoms with Crippen molar-refractivity contribution in [2.75, 3.05) is 50.7 Å². The van der Waals surface area contributed by atoms with Crippen LogP contribution in [0.2, 0.25) is 0 Å². The molecule has 2 aliphatic heterocycles. The molecule has 0 bridgehead atoms. The summed E-state index contributed by atoms with van der Waals surface area (Å²) in [6.07, 6.45) is 3.26. The molecule has 2 N–H and O–H groups in total. The number of piperidine rings is 1. The fraction of sp³-hybridized carbons (Fsp3) is 0.636. The minimum absolute atomic E-state index is 0. The number of rotatable bonds is 7. The van der Waals surface area contributed by atoms with Gasteiger partial charge in [0.15, 0.2) is 0 Å². The molecule has 1 atom stereocenters. The lowest BCUT2D eigenvalue weighted by molar-refractivity contribution is -0.131. The molecular formula is C22H36Cl2N4O2. The van der Waals surface area contributed by atoms with Gasteiger partial charge in [-0.1, -0.05) is 25.1 Å². The normalized spacial score (nSPS) is 18.0. The van der Waals surface area contributed by atoms with E-state index >= 15 is 0 Å². The number of hydrogen-bond donors (Lipinski definition) is 2. The molecule has 2 aliphatic rings. The first-order valence-electron chi connectivity index (χ1n) is 10.7. The van der Waals surface area contributed by atoms with Crippen LogP contribution in [0.3, 0.4) is 0 Å². The highest BCUT2D eigenvalue weighted by molar-refractivity contribution is 5.85. The van der Waals surface area contributed by atoms with Crippen LogP contribution in [0.4, 0.5) is 5.69 Å². The van der Waals surface area contributed by atoms with Gasteiger partial charge < -0.3 is 20.4 Å². The molecule has 0 aromatic heterocycles. The summed E-state index contributed by atoms with van der Waals surface area (Å²) in [5, 5.41) is 6.31. The van der Waals surface area contributed by atoms with Crippen LogP contribution >= 0.6 is 24.8 Å². The van der Waals surface area contributed by atoms with Crippen molar-refractivity contribution < 1.29 is 9.59 Å². The molecule has 2 amide bonds. The number of nitrogens with one attached hydrogen (secondary N) is 2. The van der Waals surface area contributed by atoms with Crippen molar-refractivity contribution in [1.29, 1.82) is 0 Å². The van der Waals surface area contributed by atoms with Gasteiger partial charge in [0.1, 0.15) is 0 Å². The van der Waals surface area contributed by atoms with Gasteiger partial charge in [-0.2, -0.15) is 0 Å². The molecule has 8 heteroatoms. The van der Waals surface area contributed by atoms with Crippen molar-refractivity contribution in [3.8, 4) is 0 Å². The highest BCUT2D eigenvalue weighted by atomic mass is 35.5. The van der Waals surface area contributed by atoms with Gasteiger partial charge in [-0.25, -0.2) is 0 Å². The van der Waals surface area contributed by atoms with Crippen LogP contribution in [-0.4, -0.2) is 62.5 Å². The van der Waals surface area contributed by atoms with Crippen molar-refractivity contribution in [1.82, 2.24) is 15.5 Å². The van der Waals surface area contributed by atoms with Crippen molar-refractivity contribution >= 4 is 42.3 Å². The van der Waals surface area contributed by atoms with E-state index in [-0.39, 0.29) is 36.6 Å². The lowest BCUT2D eigenvalue weighted by Gasteiger charge is -2.36. The highest BCUT2D eigenvalue weighted by Gasteiger charge is 2.23. The summed E-state index contributed by atoms with van der Waals surface area (Å²) in [6, 6.07) is 10.3. The molecule has 2 heterocycles. The highest BCUT2D eigenvalue weighted by Crippen LogP contribution is 2.24. The van der Waals surface area contributed by atoms with Gasteiger partial charge in [-0.15, -0.1) is 24.8 Å². The second-order valence-electron chi connectivity index (χ2n) is 8.07. The Kier molecular flexibility index (Phi) is 12.1. The zero-order valence-electron chi connectivity index (χ0n) is 17.8. The number of nitrogens with zero attached hydrogens (tertiary/aromatic N) is 2. The number of halogens is 2. The SMILES string of the molecule is CC(CC(=O)NCCC(=O)N1CCN(c2ccccc2)CC1)C1CCNCC1.Cl.Cl. The number of amides is 2. The Morgan fingerprint density at radius 3 is 2.33 bits per heavy atom. The van der Waals surface area contributed by atoms with Crippen LogP contribution in [0.1, 0.15) is 32.6 Å². The first kappa shape index (κ1) is 26.5. The van der Waals surface area contributed by atoms with Crippen molar-refractivity contribution in [2.24, 2.45) is 11.8 Å². The maximum Gasteiger partial charge on any atom is 0.224 e. The Morgan fingerprint density at radius 1 is 1.07 bits per heavy atom. The maximum atomic E-state index is 12.4. The molecule has 2 fully saturated rings. The minimum atomic E-state index is 0. The molecule has 0 saturated carbocycles. The van der Waals surface area contributed by atoms with Gasteiger partial charge in [0.25, 0.3) is 0 Å². The van der Waals surface area contributed by atoms with Crippen molar-refractivity contribution in [2.45, 2.75) is 32.6 Å². The van der Waals surface area contributed by atoms with E-state index in [0.717, 1.165) is 52.1 Å². The summed E-state index contributed by atoms with van der Waals surface area (Å²) in [6.45, 7) is 7.93. The van der Waals surface area contributed by atoms with Crippen LogP contribution in [-0.2, 0) is 9.59 Å². The molecular weight excluding hydrogens is 423 g/mol. The smallest absolute Gasteiger partial charge is 0.224 e. The second kappa shape index (κ2) is 13.7. The fourth-order valence-electron chi connectivity index (χ4n) is 4.26. The van der Waals surface area contributed by atoms with Crippen molar-refractivity contribution in [3.05, 3.63) is 30.3 Å². The Morgan fingerprint density at radius 2 is 1.70 bits per heavy atom. The van der Waals surface area contributed by atoms with Gasteiger partial charge >= 0.3 is 0 Å². The van der Waals surface area contributed by atoms with E-state index in [2.05, 4.69) is 34.6 Å². The summed E-state index contributed by atoms with van der Waals surface area (Å²) in [5.74, 6) is 1.26. The topological polar surface area (TPSA) is 64.7 Å². The Hall–Kier alpha value is -1.50. The average molecular weight is 459 g/mol. The van der Waals surface area contributed by atoms with Crippen LogP contribution < -0.4 is 15.5 Å². The standard InChI is InChI=1S/C22H34N4O2.2ClH/c1-18(19-7-10-23-11-8-19)17-21(27)24-12-9-22(28)26-15-13-25(14-16-26)20-5-3-2-4-6-20;;/h2-6,18-19,23H,7-17H2,1H3,(H,24,27);2*1H. The maximum absolute atomic E-state index is 12.4. The van der Waals surface area contributed by atoms with Gasteiger partial charge in [0.05, 0.1) is 0 Å². The third-order valence-corrected chi connectivity index (χ3v) is 6.11. The molecule has 0 aliphatic carbocycles. The fourth-order valence-corrected chi connectivity index (χ4v) is 4.26. The first-order chi connectivity index (χ1) is 13.6. The average Bonchev–Trinajstić information content (AvgIpc) is 2.75. The third-order valence-electron chi connectivity index (χ3n) is 6.11. The summed E-state index contributed by atoms with van der Waals surface area (Å²) >= 11 is 0. The van der Waals surface area contributed by atoms with E-state index in [9.17, 15) is 9.59 Å². The number of anilines is 1. The predicted octanol–water partition coefficient (Wildman–Crippen LogP) is 2.71. The molecule has 30 heavy (non-hydrogen) atoms. The van der Waals surface area contributed by atoms with Crippen LogP contribution in [0, 0.1) is 11.8 Å². The molecule has 1 aromatic carbocycles. The molecule has 2 saturated heterocycles. The number of carbonyl (C=O) groups is 2. The van der Waals surface area contributed by atoms with E-state index in [4.69, 9.17) is 0 Å². The zero-order chi connectivity index (χ0) is 19.8. The Bertz CT molecular complexity index is 633. The lowest BCUT2D eigenvalue weighted by atomic mass is 9.84. The number of benzene rings is 1. The largest absolute Gasteiger partial charge is 0.368 e. The van der Waals surface area contributed by atoms with E-state index in [1.807, 2.05) is 23.1 Å². The molecule has 170 valence electrons. The van der Waals surface area contributed by atoms with Gasteiger partial charge in [-0.3, -0.25) is 9.59 Å². The molecule has 6 nitrogen and oxygen atoms in total. The third kappa shape index (κ3) is 7.97. The van der Waals surface area contributed by atoms with E-state index in [1.54, 1.807) is 0 Å². The van der Waals surface area contributed by atoms with Crippen LogP contribution in [0.25, 0.3) is 0 Å². The molecule has 0 radical (unpaired) electrons. The van der Waals surface area contributed by atoms with E-state index < -0.39 is 0 Å². The molecule has 1 unspecified atom stereocenters. The monoisotopic (exact) mass is 458 g/mol. The van der Waals surface area contributed by atoms with Gasteiger partial charge in [-0.05, 0) is 49.9 Å². The molecule has 0 spiro atoms. The number of carbonyl (C=O) groups excluding carboxylic acids is 2. The Labute approximate surface area is 193 Å². The summed E-state index contributed by atoms with van der Waals surface area (Å²) in [4.78, 5) is 28.9. The van der Waals surface area contributed by atoms with Crippen molar-refractivity contribution in [3.63, 3.8) is 0 Å². The number of para-hydroxylation sites is 1. The zero-order valence-corrected chi connectivity index (χ0v) is 19.5. The number of hydrogen-bond acceptors (Lipinski definition) is 4. The van der Waals surface area contributed by atoms with Crippen LogP contribution in [0.15, 0.2) is 30.3 Å². The summed E-state index contributed by atoms with van der Waals surface area (Å²) < 4.78 is 0. The number of piperazine rings is 1. The molecule has 3 rings (SSSR count). The van der Waals surface area contributed by atoms with Gasteiger partial charge in [0, 0.05) is 51.3 Å². The Balaban J connectivity index is 0.00000225. The molecule has 1 aromatic rings. The summed E-state index contributed by atoms with van der Waals surface area (Å²) in [7, 11) is 0. The summed E-state index contributed by atoms with van der Waals surface area (Å²) in [5.41, 5.74) is 1.21. The first-order valence-corrected chi connectivity index (χ1v) is 10.7. The quantitative estimate of drug-likeness (QED) is 0.658. The van der Waals surface area contributed by atoms with Gasteiger partial charge in [0.2, 0.25) is 11.8 Å². The lowest BCUT2D eigenvalue weighted by Crippen LogP contribution is -2.49. The predicted molar refractivity (Wildman–Crippen MR) is 127 cm³/mol. The second-order valence-corrected chi connectivity index (χ2v) is 8.07. The minimum Gasteiger partial charge on any atom is -0.368 e. The van der Waals surface area contributed by atoms with Crippen LogP contribution in [0.5, 0.6) is 0 Å². The van der Waals surface area contributed by atoms with E-state index in [0.29, 0.717) is 31.2 Å². The van der Waals surface area contributed by atoms with E-state index in [1.165, 1.54) is 5.69 Å².